The summed E-state index contributed by atoms with van der Waals surface area (Å²) in [6.45, 7) is 2.28. The summed E-state index contributed by atoms with van der Waals surface area (Å²) in [5.74, 6) is -0.175. The minimum absolute atomic E-state index is 0.0573. The number of hydrogen-bond donors (Lipinski definition) is 1. The molecule has 0 bridgehead atoms. The second-order valence-electron chi connectivity index (χ2n) is 5.01. The molecule has 0 fully saturated rings. The minimum atomic E-state index is -0.517. The number of aromatic nitrogens is 2. The van der Waals surface area contributed by atoms with Crippen LogP contribution >= 0.6 is 0 Å². The number of benzene rings is 1. The highest BCUT2D eigenvalue weighted by molar-refractivity contribution is 5.92. The Bertz CT molecular complexity index is 880. The lowest BCUT2D eigenvalue weighted by Crippen LogP contribution is -2.09. The first-order chi connectivity index (χ1) is 11.7. The van der Waals surface area contributed by atoms with Gasteiger partial charge in [-0.3, -0.25) is 4.98 Å². The lowest BCUT2D eigenvalue weighted by Gasteiger charge is -2.10. The van der Waals surface area contributed by atoms with Crippen LogP contribution in [0.15, 0.2) is 48.8 Å². The van der Waals surface area contributed by atoms with Crippen LogP contribution in [0, 0.1) is 0 Å². The highest BCUT2D eigenvalue weighted by Crippen LogP contribution is 2.26. The third-order valence-electron chi connectivity index (χ3n) is 3.47. The van der Waals surface area contributed by atoms with Gasteiger partial charge in [-0.1, -0.05) is 12.1 Å². The van der Waals surface area contributed by atoms with Gasteiger partial charge in [0.1, 0.15) is 23.4 Å². The van der Waals surface area contributed by atoms with E-state index in [1.807, 2.05) is 13.0 Å². The maximum atomic E-state index is 12.3. The van der Waals surface area contributed by atoms with Gasteiger partial charge in [-0.25, -0.2) is 9.78 Å². The molecule has 6 heteroatoms. The number of rotatable bonds is 5. The summed E-state index contributed by atoms with van der Waals surface area (Å²) in [7, 11) is 0. The molecule has 3 rings (SSSR count). The van der Waals surface area contributed by atoms with Crippen molar-refractivity contribution in [3.8, 4) is 11.6 Å². The average Bonchev–Trinajstić information content (AvgIpc) is 2.62. The molecule has 2 heterocycles. The molecule has 2 aromatic heterocycles. The predicted molar refractivity (Wildman–Crippen MR) is 87.9 cm³/mol. The number of aromatic hydroxyl groups is 1. The molecule has 6 nitrogen and oxygen atoms in total. The van der Waals surface area contributed by atoms with Crippen LogP contribution in [0.5, 0.6) is 11.6 Å². The average molecular weight is 324 g/mol. The van der Waals surface area contributed by atoms with E-state index >= 15 is 0 Å². The molecular formula is C18H16N2O4. The van der Waals surface area contributed by atoms with Crippen LogP contribution in [0.3, 0.4) is 0 Å². The van der Waals surface area contributed by atoms with Gasteiger partial charge in [0.05, 0.1) is 6.61 Å². The first-order valence-corrected chi connectivity index (χ1v) is 7.51. The fraction of sp³-hybridized carbons (Fsp3) is 0.167. The number of nitrogens with zero attached hydrogens (tertiary/aromatic N) is 2. The zero-order chi connectivity index (χ0) is 16.9. The van der Waals surface area contributed by atoms with Crippen molar-refractivity contribution >= 4 is 16.9 Å². The maximum Gasteiger partial charge on any atom is 0.343 e. The lowest BCUT2D eigenvalue weighted by molar-refractivity contribution is 0.0469. The summed E-state index contributed by atoms with van der Waals surface area (Å²) >= 11 is 0. The number of pyridine rings is 2. The van der Waals surface area contributed by atoms with E-state index in [-0.39, 0.29) is 23.8 Å². The first kappa shape index (κ1) is 15.7. The third-order valence-corrected chi connectivity index (χ3v) is 3.47. The van der Waals surface area contributed by atoms with Gasteiger partial charge >= 0.3 is 5.97 Å². The summed E-state index contributed by atoms with van der Waals surface area (Å²) in [5.41, 5.74) is 1.51. The molecule has 0 radical (unpaired) electrons. The Morgan fingerprint density at radius 2 is 1.92 bits per heavy atom. The monoisotopic (exact) mass is 324 g/mol. The van der Waals surface area contributed by atoms with E-state index < -0.39 is 5.97 Å². The van der Waals surface area contributed by atoms with Crippen molar-refractivity contribution in [3.63, 3.8) is 0 Å². The number of hydrogen-bond acceptors (Lipinski definition) is 6. The molecule has 0 aliphatic heterocycles. The quantitative estimate of drug-likeness (QED) is 0.726. The van der Waals surface area contributed by atoms with Crippen LogP contribution in [0.2, 0.25) is 0 Å². The highest BCUT2D eigenvalue weighted by Gasteiger charge is 2.16. The van der Waals surface area contributed by atoms with Crippen LogP contribution < -0.4 is 4.74 Å². The number of phenols is 1. The van der Waals surface area contributed by atoms with E-state index in [2.05, 4.69) is 9.97 Å². The number of carbonyl (C=O) groups excluding carboxylic acids is 1. The van der Waals surface area contributed by atoms with Gasteiger partial charge in [0.15, 0.2) is 0 Å². The Labute approximate surface area is 138 Å². The standard InChI is InChI=1S/C18H16N2O4/c1-2-23-17-14(6-4-10-20-17)18(22)24-11-12-7-8-15(21)16-13(12)5-3-9-19-16/h3-10,21H,2,11H2,1H3. The number of carbonyl (C=O) groups is 1. The zero-order valence-electron chi connectivity index (χ0n) is 13.1. The van der Waals surface area contributed by atoms with Crippen molar-refractivity contribution in [1.82, 2.24) is 9.97 Å². The predicted octanol–water partition coefficient (Wildman–Crippen LogP) is 3.09. The van der Waals surface area contributed by atoms with E-state index in [0.29, 0.717) is 12.1 Å². The number of fused-ring (bicyclic) bond motifs is 1. The Kier molecular flexibility index (Phi) is 4.56. The smallest absolute Gasteiger partial charge is 0.343 e. The fourth-order valence-electron chi connectivity index (χ4n) is 2.36. The van der Waals surface area contributed by atoms with Gasteiger partial charge in [0.25, 0.3) is 0 Å². The molecule has 1 aromatic carbocycles. The van der Waals surface area contributed by atoms with Gasteiger partial charge in [0, 0.05) is 17.8 Å². The van der Waals surface area contributed by atoms with E-state index in [4.69, 9.17) is 9.47 Å². The van der Waals surface area contributed by atoms with Crippen molar-refractivity contribution in [3.05, 3.63) is 59.9 Å². The summed E-state index contributed by atoms with van der Waals surface area (Å²) in [6, 6.07) is 10.1. The topological polar surface area (TPSA) is 81.5 Å². The summed E-state index contributed by atoms with van der Waals surface area (Å²) in [5, 5.41) is 10.6. The van der Waals surface area contributed by atoms with Crippen LogP contribution in [0.25, 0.3) is 10.9 Å². The number of esters is 1. The molecule has 0 unspecified atom stereocenters. The van der Waals surface area contributed by atoms with E-state index in [0.717, 1.165) is 10.9 Å². The fourth-order valence-corrected chi connectivity index (χ4v) is 2.36. The van der Waals surface area contributed by atoms with E-state index in [1.54, 1.807) is 36.7 Å². The van der Waals surface area contributed by atoms with Crippen LogP contribution in [0.1, 0.15) is 22.8 Å². The van der Waals surface area contributed by atoms with Gasteiger partial charge < -0.3 is 14.6 Å². The third kappa shape index (κ3) is 3.12. The Hall–Kier alpha value is -3.15. The molecule has 0 aliphatic rings. The minimum Gasteiger partial charge on any atom is -0.506 e. The van der Waals surface area contributed by atoms with Crippen molar-refractivity contribution in [2.45, 2.75) is 13.5 Å². The normalized spacial score (nSPS) is 10.5. The summed E-state index contributed by atoms with van der Waals surface area (Å²) < 4.78 is 10.7. The molecule has 24 heavy (non-hydrogen) atoms. The largest absolute Gasteiger partial charge is 0.506 e. The molecule has 1 N–H and O–H groups in total. The Balaban J connectivity index is 1.82. The zero-order valence-corrected chi connectivity index (χ0v) is 13.1. The molecule has 0 saturated carbocycles. The molecule has 0 aliphatic carbocycles. The molecular weight excluding hydrogens is 308 g/mol. The Morgan fingerprint density at radius 3 is 2.75 bits per heavy atom. The lowest BCUT2D eigenvalue weighted by atomic mass is 10.1. The molecule has 3 aromatic rings. The van der Waals surface area contributed by atoms with Crippen molar-refractivity contribution in [1.29, 1.82) is 0 Å². The Morgan fingerprint density at radius 1 is 1.12 bits per heavy atom. The van der Waals surface area contributed by atoms with Crippen molar-refractivity contribution < 1.29 is 19.4 Å². The van der Waals surface area contributed by atoms with E-state index in [1.165, 1.54) is 6.07 Å². The maximum absolute atomic E-state index is 12.3. The first-order valence-electron chi connectivity index (χ1n) is 7.51. The van der Waals surface area contributed by atoms with Gasteiger partial charge in [-0.15, -0.1) is 0 Å². The van der Waals surface area contributed by atoms with Crippen molar-refractivity contribution in [2.75, 3.05) is 6.61 Å². The van der Waals surface area contributed by atoms with Gasteiger partial charge in [0.2, 0.25) is 5.88 Å². The van der Waals surface area contributed by atoms with Crippen LogP contribution in [0.4, 0.5) is 0 Å². The van der Waals surface area contributed by atoms with E-state index in [9.17, 15) is 9.90 Å². The van der Waals surface area contributed by atoms with Crippen molar-refractivity contribution in [2.24, 2.45) is 0 Å². The highest BCUT2D eigenvalue weighted by atomic mass is 16.5. The van der Waals surface area contributed by atoms with Gasteiger partial charge in [-0.2, -0.15) is 0 Å². The second-order valence-corrected chi connectivity index (χ2v) is 5.01. The molecule has 122 valence electrons. The van der Waals surface area contributed by atoms with Crippen LogP contribution in [-0.2, 0) is 11.3 Å². The second kappa shape index (κ2) is 6.95. The molecule has 0 saturated heterocycles. The van der Waals surface area contributed by atoms with Crippen LogP contribution in [-0.4, -0.2) is 27.7 Å². The molecule has 0 amide bonds. The number of ether oxygens (including phenoxy) is 2. The number of phenolic OH excluding ortho intramolecular Hbond substituents is 1. The summed E-state index contributed by atoms with van der Waals surface area (Å²) in [4.78, 5) is 20.5. The van der Waals surface area contributed by atoms with Gasteiger partial charge in [-0.05, 0) is 36.8 Å². The molecule has 0 atom stereocenters. The molecule has 0 spiro atoms. The SMILES string of the molecule is CCOc1ncccc1C(=O)OCc1ccc(O)c2ncccc12. The summed E-state index contributed by atoms with van der Waals surface area (Å²) in [6.07, 6.45) is 3.16.